The number of aliphatic hydroxyl groups excluding tert-OH is 3. The van der Waals surface area contributed by atoms with Gasteiger partial charge in [0.25, 0.3) is 0 Å². The van der Waals surface area contributed by atoms with Crippen molar-refractivity contribution >= 4 is 0 Å². The van der Waals surface area contributed by atoms with E-state index in [2.05, 4.69) is 6.92 Å². The summed E-state index contributed by atoms with van der Waals surface area (Å²) in [6, 6.07) is 0. The van der Waals surface area contributed by atoms with Crippen LogP contribution < -0.4 is 0 Å². The van der Waals surface area contributed by atoms with Gasteiger partial charge >= 0.3 is 0 Å². The highest BCUT2D eigenvalue weighted by atomic mass is 16.3. The third kappa shape index (κ3) is 11.4. The molecule has 0 amide bonds. The zero-order chi connectivity index (χ0) is 16.5. The van der Waals surface area contributed by atoms with Crippen LogP contribution in [0, 0.1) is 5.41 Å². The monoisotopic (exact) mass is 316 g/mol. The van der Waals surface area contributed by atoms with Gasteiger partial charge < -0.3 is 15.3 Å². The Balaban J connectivity index is 3.49. The lowest BCUT2D eigenvalue weighted by atomic mass is 9.80. The Morgan fingerprint density at radius 1 is 0.545 bits per heavy atom. The van der Waals surface area contributed by atoms with Crippen LogP contribution in [-0.2, 0) is 0 Å². The first-order chi connectivity index (χ1) is 10.7. The van der Waals surface area contributed by atoms with E-state index in [1.807, 2.05) is 0 Å². The molecule has 0 heterocycles. The predicted octanol–water partition coefficient (Wildman–Crippen LogP) is 4.43. The van der Waals surface area contributed by atoms with Gasteiger partial charge in [0.2, 0.25) is 0 Å². The number of rotatable bonds is 17. The SMILES string of the molecule is CCCCCCCCCCCCCC(CO)(CO)CCCO. The van der Waals surface area contributed by atoms with E-state index >= 15 is 0 Å². The second-order valence-corrected chi connectivity index (χ2v) is 6.93. The van der Waals surface area contributed by atoms with Crippen LogP contribution in [0.5, 0.6) is 0 Å². The summed E-state index contributed by atoms with van der Waals surface area (Å²) in [5.41, 5.74) is -0.373. The first-order valence-electron chi connectivity index (χ1n) is 9.57. The lowest BCUT2D eigenvalue weighted by Crippen LogP contribution is -2.30. The molecule has 0 aromatic carbocycles. The zero-order valence-corrected chi connectivity index (χ0v) is 14.9. The van der Waals surface area contributed by atoms with E-state index in [4.69, 9.17) is 5.11 Å². The van der Waals surface area contributed by atoms with Crippen LogP contribution in [0.15, 0.2) is 0 Å². The molecular formula is C19H40O3. The summed E-state index contributed by atoms with van der Waals surface area (Å²) in [6.07, 6.45) is 16.7. The Bertz CT molecular complexity index is 215. The Morgan fingerprint density at radius 2 is 0.955 bits per heavy atom. The number of hydrogen-bond acceptors (Lipinski definition) is 3. The zero-order valence-electron chi connectivity index (χ0n) is 14.9. The molecule has 0 fully saturated rings. The van der Waals surface area contributed by atoms with Gasteiger partial charge in [-0.3, -0.25) is 0 Å². The first-order valence-corrected chi connectivity index (χ1v) is 9.57. The summed E-state index contributed by atoms with van der Waals surface area (Å²) >= 11 is 0. The molecular weight excluding hydrogens is 276 g/mol. The highest BCUT2D eigenvalue weighted by Crippen LogP contribution is 2.29. The maximum absolute atomic E-state index is 9.52. The van der Waals surface area contributed by atoms with E-state index in [0.717, 1.165) is 12.8 Å². The maximum Gasteiger partial charge on any atom is 0.0509 e. The second kappa shape index (κ2) is 15.8. The topological polar surface area (TPSA) is 60.7 Å². The third-order valence-electron chi connectivity index (χ3n) is 4.85. The van der Waals surface area contributed by atoms with Gasteiger partial charge in [0.1, 0.15) is 0 Å². The van der Waals surface area contributed by atoms with Crippen LogP contribution in [0.4, 0.5) is 0 Å². The fourth-order valence-corrected chi connectivity index (χ4v) is 3.11. The van der Waals surface area contributed by atoms with E-state index in [9.17, 15) is 10.2 Å². The summed E-state index contributed by atoms with van der Waals surface area (Å²) in [6.45, 7) is 2.45. The van der Waals surface area contributed by atoms with Gasteiger partial charge in [-0.2, -0.15) is 0 Å². The van der Waals surface area contributed by atoms with Crippen molar-refractivity contribution in [2.45, 2.75) is 96.8 Å². The van der Waals surface area contributed by atoms with Crippen LogP contribution in [0.3, 0.4) is 0 Å². The minimum atomic E-state index is -0.373. The van der Waals surface area contributed by atoms with E-state index in [-0.39, 0.29) is 25.2 Å². The molecule has 3 N–H and O–H groups in total. The van der Waals surface area contributed by atoms with Crippen molar-refractivity contribution in [3.05, 3.63) is 0 Å². The van der Waals surface area contributed by atoms with Crippen molar-refractivity contribution in [2.24, 2.45) is 5.41 Å². The number of unbranched alkanes of at least 4 members (excludes halogenated alkanes) is 10. The molecule has 0 spiro atoms. The Labute approximate surface area is 138 Å². The van der Waals surface area contributed by atoms with Crippen molar-refractivity contribution in [1.82, 2.24) is 0 Å². The van der Waals surface area contributed by atoms with Crippen molar-refractivity contribution < 1.29 is 15.3 Å². The normalized spacial score (nSPS) is 12.0. The van der Waals surface area contributed by atoms with Gasteiger partial charge in [-0.05, 0) is 19.3 Å². The minimum Gasteiger partial charge on any atom is -0.396 e. The summed E-state index contributed by atoms with van der Waals surface area (Å²) in [5.74, 6) is 0. The van der Waals surface area contributed by atoms with Gasteiger partial charge in [-0.25, -0.2) is 0 Å². The van der Waals surface area contributed by atoms with Crippen molar-refractivity contribution in [1.29, 1.82) is 0 Å². The molecule has 0 saturated heterocycles. The van der Waals surface area contributed by atoms with Crippen LogP contribution in [0.2, 0.25) is 0 Å². The van der Waals surface area contributed by atoms with Crippen LogP contribution >= 0.6 is 0 Å². The first kappa shape index (κ1) is 21.9. The fraction of sp³-hybridized carbons (Fsp3) is 1.00. The molecule has 3 heteroatoms. The lowest BCUT2D eigenvalue weighted by molar-refractivity contribution is 0.0321. The standard InChI is InChI=1S/C19H40O3/c1-2-3-4-5-6-7-8-9-10-11-12-14-19(17-21,18-22)15-13-16-20/h20-22H,2-18H2,1H3. The van der Waals surface area contributed by atoms with Crippen LogP contribution in [0.1, 0.15) is 96.8 Å². The Hall–Kier alpha value is -0.120. The molecule has 0 saturated carbocycles. The highest BCUT2D eigenvalue weighted by molar-refractivity contribution is 4.77. The summed E-state index contributed by atoms with van der Waals surface area (Å²) < 4.78 is 0. The van der Waals surface area contributed by atoms with Gasteiger partial charge in [-0.1, -0.05) is 77.6 Å². The smallest absolute Gasteiger partial charge is 0.0509 e. The van der Waals surface area contributed by atoms with Crippen molar-refractivity contribution in [3.63, 3.8) is 0 Å². The summed E-state index contributed by atoms with van der Waals surface area (Å²) in [4.78, 5) is 0. The molecule has 0 unspecified atom stereocenters. The van der Waals surface area contributed by atoms with E-state index in [0.29, 0.717) is 12.8 Å². The van der Waals surface area contributed by atoms with Crippen molar-refractivity contribution in [2.75, 3.05) is 19.8 Å². The quantitative estimate of drug-likeness (QED) is 0.348. The Kier molecular flexibility index (Phi) is 15.7. The summed E-state index contributed by atoms with van der Waals surface area (Å²) in [5, 5.41) is 28.0. The van der Waals surface area contributed by atoms with E-state index in [1.54, 1.807) is 0 Å². The second-order valence-electron chi connectivity index (χ2n) is 6.93. The Morgan fingerprint density at radius 3 is 1.36 bits per heavy atom. The van der Waals surface area contributed by atoms with Crippen LogP contribution in [0.25, 0.3) is 0 Å². The lowest BCUT2D eigenvalue weighted by Gasteiger charge is -2.29. The van der Waals surface area contributed by atoms with Gasteiger partial charge in [0, 0.05) is 12.0 Å². The maximum atomic E-state index is 9.52. The molecule has 22 heavy (non-hydrogen) atoms. The molecule has 0 aromatic rings. The molecule has 0 bridgehead atoms. The minimum absolute atomic E-state index is 0.0290. The molecule has 0 aromatic heterocycles. The average molecular weight is 317 g/mol. The largest absolute Gasteiger partial charge is 0.396 e. The molecule has 0 radical (unpaired) electrons. The number of hydrogen-bond donors (Lipinski definition) is 3. The van der Waals surface area contributed by atoms with Gasteiger partial charge in [-0.15, -0.1) is 0 Å². The molecule has 0 aliphatic heterocycles. The number of aliphatic hydroxyl groups is 3. The fourth-order valence-electron chi connectivity index (χ4n) is 3.11. The van der Waals surface area contributed by atoms with E-state index in [1.165, 1.54) is 64.2 Å². The van der Waals surface area contributed by atoms with E-state index < -0.39 is 0 Å². The summed E-state index contributed by atoms with van der Waals surface area (Å²) in [7, 11) is 0. The molecule has 0 atom stereocenters. The van der Waals surface area contributed by atoms with Crippen molar-refractivity contribution in [3.8, 4) is 0 Å². The van der Waals surface area contributed by atoms with Gasteiger partial charge in [0.15, 0.2) is 0 Å². The molecule has 0 rings (SSSR count). The van der Waals surface area contributed by atoms with Crippen LogP contribution in [-0.4, -0.2) is 35.1 Å². The third-order valence-corrected chi connectivity index (χ3v) is 4.85. The highest BCUT2D eigenvalue weighted by Gasteiger charge is 2.27. The molecule has 3 nitrogen and oxygen atoms in total. The van der Waals surface area contributed by atoms with Gasteiger partial charge in [0.05, 0.1) is 13.2 Å². The molecule has 134 valence electrons. The molecule has 0 aliphatic carbocycles. The molecule has 0 aliphatic rings. The average Bonchev–Trinajstić information content (AvgIpc) is 2.56. The predicted molar refractivity (Wildman–Crippen MR) is 94.0 cm³/mol.